The molecule has 0 fully saturated rings. The van der Waals surface area contributed by atoms with Crippen molar-refractivity contribution in [2.45, 2.75) is 0 Å². The maximum Gasteiger partial charge on any atom is 0.377 e. The second-order valence-electron chi connectivity index (χ2n) is 3.85. The highest BCUT2D eigenvalue weighted by Crippen LogP contribution is 2.43. The van der Waals surface area contributed by atoms with E-state index in [0.717, 1.165) is 12.1 Å². The highest BCUT2D eigenvalue weighted by molar-refractivity contribution is 5.74. The fourth-order valence-corrected chi connectivity index (χ4v) is 1.59. The number of nitro benzene ring substituents is 2. The van der Waals surface area contributed by atoms with Gasteiger partial charge in [0.25, 0.3) is 0 Å². The van der Waals surface area contributed by atoms with Crippen LogP contribution in [-0.4, -0.2) is 15.0 Å². The molecule has 0 spiro atoms. The van der Waals surface area contributed by atoms with Crippen molar-refractivity contribution >= 4 is 22.7 Å². The average Bonchev–Trinajstić information content (AvgIpc) is 2.46. The molecule has 9 nitrogen and oxygen atoms in total. The summed E-state index contributed by atoms with van der Waals surface area (Å²) >= 11 is 0. The number of phenolic OH excluding ortho intramolecular Hbond substituents is 1. The van der Waals surface area contributed by atoms with Crippen LogP contribution in [0, 0.1) is 20.2 Å². The normalized spacial score (nSPS) is 10.7. The first-order valence-corrected chi connectivity index (χ1v) is 5.62. The molecule has 1 N–H and O–H groups in total. The van der Waals surface area contributed by atoms with Crippen LogP contribution >= 0.6 is 0 Å². The molecule has 0 radical (unpaired) electrons. The summed E-state index contributed by atoms with van der Waals surface area (Å²) in [7, 11) is 0. The molecule has 21 heavy (non-hydrogen) atoms. The molecule has 2 aromatic carbocycles. The lowest BCUT2D eigenvalue weighted by Gasteiger charge is -2.00. The van der Waals surface area contributed by atoms with Gasteiger partial charge in [0.2, 0.25) is 5.69 Å². The van der Waals surface area contributed by atoms with Crippen LogP contribution in [0.2, 0.25) is 0 Å². The summed E-state index contributed by atoms with van der Waals surface area (Å²) < 4.78 is 0. The van der Waals surface area contributed by atoms with E-state index in [9.17, 15) is 25.3 Å². The number of nitrogens with zero attached hydrogens (tertiary/aromatic N) is 4. The van der Waals surface area contributed by atoms with E-state index < -0.39 is 32.7 Å². The third-order valence-electron chi connectivity index (χ3n) is 2.51. The Morgan fingerprint density at radius 1 is 0.905 bits per heavy atom. The Balaban J connectivity index is 2.57. The Bertz CT molecular complexity index is 730. The summed E-state index contributed by atoms with van der Waals surface area (Å²) in [6.07, 6.45) is 0. The summed E-state index contributed by atoms with van der Waals surface area (Å²) in [5.74, 6) is -0.563. The molecular formula is C12H8N4O5. The van der Waals surface area contributed by atoms with Gasteiger partial charge in [-0.25, -0.2) is 0 Å². The van der Waals surface area contributed by atoms with Crippen LogP contribution in [0.25, 0.3) is 0 Å². The summed E-state index contributed by atoms with van der Waals surface area (Å²) in [5.41, 5.74) is -1.84. The van der Waals surface area contributed by atoms with Crippen LogP contribution in [0.15, 0.2) is 52.7 Å². The highest BCUT2D eigenvalue weighted by Gasteiger charge is 2.31. The van der Waals surface area contributed by atoms with Gasteiger partial charge in [-0.3, -0.25) is 20.2 Å². The fourth-order valence-electron chi connectivity index (χ4n) is 1.59. The van der Waals surface area contributed by atoms with E-state index >= 15 is 0 Å². The summed E-state index contributed by atoms with van der Waals surface area (Å²) in [6, 6.07) is 10.1. The molecule has 0 heterocycles. The Hall–Kier alpha value is -3.36. The smallest absolute Gasteiger partial charge is 0.377 e. The standard InChI is InChI=1S/C12H8N4O5/c17-10-7-6-9(15(18)19)12(16(20)21)11(10)14-13-8-4-2-1-3-5-8/h1-7,17H. The van der Waals surface area contributed by atoms with E-state index in [0.29, 0.717) is 5.69 Å². The molecule has 0 saturated carbocycles. The predicted molar refractivity (Wildman–Crippen MR) is 72.0 cm³/mol. The van der Waals surface area contributed by atoms with Gasteiger partial charge < -0.3 is 5.11 Å². The van der Waals surface area contributed by atoms with E-state index in [4.69, 9.17) is 0 Å². The lowest BCUT2D eigenvalue weighted by Crippen LogP contribution is -1.96. The fraction of sp³-hybridized carbons (Fsp3) is 0. The number of aromatic hydroxyl groups is 1. The monoisotopic (exact) mass is 288 g/mol. The Kier molecular flexibility index (Phi) is 3.84. The zero-order valence-electron chi connectivity index (χ0n) is 10.4. The van der Waals surface area contributed by atoms with Crippen molar-refractivity contribution in [3.8, 4) is 5.75 Å². The minimum atomic E-state index is -0.975. The third-order valence-corrected chi connectivity index (χ3v) is 2.51. The molecule has 0 bridgehead atoms. The van der Waals surface area contributed by atoms with Crippen molar-refractivity contribution in [2.75, 3.05) is 0 Å². The quantitative estimate of drug-likeness (QED) is 0.521. The van der Waals surface area contributed by atoms with Gasteiger partial charge in [-0.1, -0.05) is 18.2 Å². The Labute approximate surface area is 117 Å². The average molecular weight is 288 g/mol. The molecule has 0 aliphatic heterocycles. The van der Waals surface area contributed by atoms with E-state index in [-0.39, 0.29) is 0 Å². The van der Waals surface area contributed by atoms with Crippen LogP contribution in [0.3, 0.4) is 0 Å². The molecule has 0 amide bonds. The van der Waals surface area contributed by atoms with Gasteiger partial charge in [0.05, 0.1) is 15.5 Å². The maximum atomic E-state index is 11.0. The van der Waals surface area contributed by atoms with Crippen molar-refractivity contribution in [3.63, 3.8) is 0 Å². The lowest BCUT2D eigenvalue weighted by atomic mass is 10.2. The van der Waals surface area contributed by atoms with Gasteiger partial charge >= 0.3 is 11.4 Å². The first-order chi connectivity index (χ1) is 10.0. The minimum Gasteiger partial charge on any atom is -0.505 e. The van der Waals surface area contributed by atoms with Crippen molar-refractivity contribution in [1.82, 2.24) is 0 Å². The van der Waals surface area contributed by atoms with E-state index in [2.05, 4.69) is 10.2 Å². The van der Waals surface area contributed by atoms with Crippen LogP contribution < -0.4 is 0 Å². The molecule has 9 heteroatoms. The summed E-state index contributed by atoms with van der Waals surface area (Å²) in [5, 5.41) is 38.7. The van der Waals surface area contributed by atoms with E-state index in [1.807, 2.05) is 0 Å². The number of hydrogen-bond donors (Lipinski definition) is 1. The van der Waals surface area contributed by atoms with Crippen LogP contribution in [0.4, 0.5) is 22.7 Å². The van der Waals surface area contributed by atoms with Crippen LogP contribution in [0.1, 0.15) is 0 Å². The Morgan fingerprint density at radius 2 is 1.57 bits per heavy atom. The van der Waals surface area contributed by atoms with Crippen LogP contribution in [0.5, 0.6) is 5.75 Å². The molecule has 106 valence electrons. The maximum absolute atomic E-state index is 11.0. The summed E-state index contributed by atoms with van der Waals surface area (Å²) in [6.45, 7) is 0. The van der Waals surface area contributed by atoms with Gasteiger partial charge in [-0.2, -0.15) is 5.11 Å². The number of nitro groups is 2. The Morgan fingerprint density at radius 3 is 2.14 bits per heavy atom. The molecule has 0 aliphatic carbocycles. The molecule has 0 aromatic heterocycles. The van der Waals surface area contributed by atoms with Gasteiger partial charge in [0.1, 0.15) is 0 Å². The first kappa shape index (κ1) is 14.1. The molecular weight excluding hydrogens is 280 g/mol. The van der Waals surface area contributed by atoms with Crippen LogP contribution in [-0.2, 0) is 0 Å². The predicted octanol–water partition coefficient (Wildman–Crippen LogP) is 3.62. The highest BCUT2D eigenvalue weighted by atomic mass is 16.6. The van der Waals surface area contributed by atoms with Gasteiger partial charge in [0, 0.05) is 6.07 Å². The number of rotatable bonds is 4. The van der Waals surface area contributed by atoms with E-state index in [1.54, 1.807) is 30.3 Å². The van der Waals surface area contributed by atoms with Crippen molar-refractivity contribution in [2.24, 2.45) is 10.2 Å². The zero-order valence-corrected chi connectivity index (χ0v) is 10.4. The van der Waals surface area contributed by atoms with Crippen molar-refractivity contribution in [1.29, 1.82) is 0 Å². The molecule has 0 unspecified atom stereocenters. The zero-order chi connectivity index (χ0) is 15.4. The summed E-state index contributed by atoms with van der Waals surface area (Å²) in [4.78, 5) is 19.9. The lowest BCUT2D eigenvalue weighted by molar-refractivity contribution is -0.422. The van der Waals surface area contributed by atoms with Crippen molar-refractivity contribution in [3.05, 3.63) is 62.7 Å². The van der Waals surface area contributed by atoms with Gasteiger partial charge in [-0.15, -0.1) is 5.11 Å². The number of phenols is 1. The van der Waals surface area contributed by atoms with Gasteiger partial charge in [0.15, 0.2) is 5.75 Å². The largest absolute Gasteiger partial charge is 0.505 e. The number of hydrogen-bond acceptors (Lipinski definition) is 7. The molecule has 0 aliphatic rings. The first-order valence-electron chi connectivity index (χ1n) is 5.62. The number of azo groups is 1. The molecule has 0 atom stereocenters. The minimum absolute atomic E-state index is 0.387. The second-order valence-corrected chi connectivity index (χ2v) is 3.85. The molecule has 2 aromatic rings. The molecule has 0 saturated heterocycles. The SMILES string of the molecule is O=[N+]([O-])c1ccc(O)c(N=Nc2ccccc2)c1[N+](=O)[O-]. The van der Waals surface area contributed by atoms with Gasteiger partial charge in [-0.05, 0) is 18.2 Å². The second kappa shape index (κ2) is 5.74. The third kappa shape index (κ3) is 2.97. The van der Waals surface area contributed by atoms with E-state index in [1.165, 1.54) is 0 Å². The molecule has 2 rings (SSSR count). The topological polar surface area (TPSA) is 131 Å². The van der Waals surface area contributed by atoms with Crippen molar-refractivity contribution < 1.29 is 15.0 Å². The number of benzene rings is 2.